The summed E-state index contributed by atoms with van der Waals surface area (Å²) >= 11 is 0. The fourth-order valence-electron chi connectivity index (χ4n) is 7.63. The van der Waals surface area contributed by atoms with Gasteiger partial charge in [-0.25, -0.2) is 12.8 Å². The van der Waals surface area contributed by atoms with E-state index in [-0.39, 0.29) is 60.2 Å². The summed E-state index contributed by atoms with van der Waals surface area (Å²) in [6.45, 7) is 6.97. The van der Waals surface area contributed by atoms with E-state index in [1.807, 2.05) is 13.1 Å². The van der Waals surface area contributed by atoms with Crippen LogP contribution in [0.5, 0.6) is 0 Å². The normalized spacial score (nSPS) is 24.7. The van der Waals surface area contributed by atoms with Crippen molar-refractivity contribution in [1.29, 1.82) is 0 Å². The molecule has 3 fully saturated rings. The topological polar surface area (TPSA) is 77.9 Å². The summed E-state index contributed by atoms with van der Waals surface area (Å²) in [4.78, 5) is 16.7. The van der Waals surface area contributed by atoms with E-state index < -0.39 is 21.8 Å². The Labute approximate surface area is 278 Å². The van der Waals surface area contributed by atoms with Gasteiger partial charge in [-0.2, -0.15) is 0 Å². The molecule has 3 aliphatic rings. The lowest BCUT2D eigenvalue weighted by Crippen LogP contribution is -2.45. The van der Waals surface area contributed by atoms with E-state index in [1.54, 1.807) is 12.1 Å². The molecule has 4 rings (SSSR count). The molecule has 1 N–H and O–H groups in total. The second-order valence-corrected chi connectivity index (χ2v) is 15.8. The Morgan fingerprint density at radius 2 is 1.70 bits per heavy atom. The summed E-state index contributed by atoms with van der Waals surface area (Å²) in [6, 6.07) is 6.56. The number of likely N-dealkylation sites (N-methyl/N-ethyl adjacent to an activating group) is 1. The number of hydrogen-bond donors (Lipinski definition) is 1. The van der Waals surface area contributed by atoms with E-state index in [0.717, 1.165) is 83.0 Å². The van der Waals surface area contributed by atoms with Crippen LogP contribution in [-0.2, 0) is 14.6 Å². The lowest BCUT2D eigenvalue weighted by Gasteiger charge is -2.35. The van der Waals surface area contributed by atoms with Crippen molar-refractivity contribution in [3.05, 3.63) is 35.6 Å². The maximum atomic E-state index is 14.2. The molecule has 6 nitrogen and oxygen atoms in total. The van der Waals surface area contributed by atoms with Crippen molar-refractivity contribution in [3.8, 4) is 0 Å². The van der Waals surface area contributed by atoms with Gasteiger partial charge in [-0.05, 0) is 113 Å². The fourth-order valence-corrected chi connectivity index (χ4v) is 9.68. The SMILES string of the molecule is CC(C)C[C@H](C(=O)O)N(C)C1CC(CN2CCC(CCS(=O)(=O)C3CCCCC3)CC2)C(c2cccc(F)c2)C1.Cl.Cl.Cl. The first-order valence-electron chi connectivity index (χ1n) is 15.7. The summed E-state index contributed by atoms with van der Waals surface area (Å²) in [7, 11) is -1.03. The third kappa shape index (κ3) is 11.3. The molecule has 2 saturated carbocycles. The Hall–Kier alpha value is -0.640. The molecule has 11 heteroatoms. The van der Waals surface area contributed by atoms with Gasteiger partial charge in [0.2, 0.25) is 0 Å². The third-order valence-corrected chi connectivity index (χ3v) is 12.4. The zero-order chi connectivity index (χ0) is 28.9. The van der Waals surface area contributed by atoms with Crippen molar-refractivity contribution in [1.82, 2.24) is 9.80 Å². The average molecular weight is 688 g/mol. The van der Waals surface area contributed by atoms with Gasteiger partial charge in [-0.3, -0.25) is 9.69 Å². The maximum absolute atomic E-state index is 14.2. The second kappa shape index (κ2) is 18.5. The lowest BCUT2D eigenvalue weighted by molar-refractivity contribution is -0.144. The molecule has 1 heterocycles. The number of piperidine rings is 1. The molecule has 3 unspecified atom stereocenters. The molecule has 43 heavy (non-hydrogen) atoms. The summed E-state index contributed by atoms with van der Waals surface area (Å²) in [5.74, 6) is 0.611. The van der Waals surface area contributed by atoms with Gasteiger partial charge < -0.3 is 10.0 Å². The molecule has 1 saturated heterocycles. The van der Waals surface area contributed by atoms with Crippen LogP contribution in [0.3, 0.4) is 0 Å². The molecule has 0 radical (unpaired) electrons. The lowest BCUT2D eigenvalue weighted by atomic mass is 9.87. The Kier molecular flexibility index (Phi) is 17.4. The first-order valence-corrected chi connectivity index (χ1v) is 17.4. The second-order valence-electron chi connectivity index (χ2n) is 13.4. The van der Waals surface area contributed by atoms with Crippen molar-refractivity contribution in [2.45, 2.75) is 108 Å². The minimum Gasteiger partial charge on any atom is -0.480 e. The Bertz CT molecular complexity index is 1080. The minimum absolute atomic E-state index is 0. The monoisotopic (exact) mass is 686 g/mol. The van der Waals surface area contributed by atoms with E-state index in [9.17, 15) is 22.7 Å². The van der Waals surface area contributed by atoms with Crippen molar-refractivity contribution < 1.29 is 22.7 Å². The van der Waals surface area contributed by atoms with E-state index in [2.05, 4.69) is 23.6 Å². The number of rotatable bonds is 12. The maximum Gasteiger partial charge on any atom is 0.320 e. The Morgan fingerprint density at radius 1 is 1.05 bits per heavy atom. The zero-order valence-electron chi connectivity index (χ0n) is 26.0. The van der Waals surface area contributed by atoms with Crippen molar-refractivity contribution in [3.63, 3.8) is 0 Å². The predicted octanol–water partition coefficient (Wildman–Crippen LogP) is 7.23. The number of sulfone groups is 1. The van der Waals surface area contributed by atoms with Crippen LogP contribution in [0.25, 0.3) is 0 Å². The highest BCUT2D eigenvalue weighted by atomic mass is 35.5. The largest absolute Gasteiger partial charge is 0.480 e. The highest BCUT2D eigenvalue weighted by Crippen LogP contribution is 2.43. The highest BCUT2D eigenvalue weighted by molar-refractivity contribution is 7.92. The highest BCUT2D eigenvalue weighted by Gasteiger charge is 2.41. The predicted molar refractivity (Wildman–Crippen MR) is 180 cm³/mol. The number of aliphatic carboxylic acids is 1. The molecule has 1 aliphatic heterocycles. The number of hydrogen-bond acceptors (Lipinski definition) is 5. The number of benzene rings is 1. The summed E-state index contributed by atoms with van der Waals surface area (Å²) in [5, 5.41) is 9.84. The van der Waals surface area contributed by atoms with Crippen molar-refractivity contribution in [2.75, 3.05) is 32.4 Å². The molecule has 1 aromatic carbocycles. The Morgan fingerprint density at radius 3 is 2.28 bits per heavy atom. The first kappa shape index (κ1) is 40.4. The van der Waals surface area contributed by atoms with E-state index >= 15 is 0 Å². The molecule has 250 valence electrons. The molecule has 0 aromatic heterocycles. The van der Waals surface area contributed by atoms with Gasteiger partial charge in [0.05, 0.1) is 11.0 Å². The molecule has 1 aromatic rings. The van der Waals surface area contributed by atoms with Crippen LogP contribution in [0.2, 0.25) is 0 Å². The van der Waals surface area contributed by atoms with Gasteiger partial charge in [-0.15, -0.1) is 37.2 Å². The van der Waals surface area contributed by atoms with E-state index in [1.165, 1.54) is 12.5 Å². The number of likely N-dealkylation sites (tertiary alicyclic amines) is 1. The third-order valence-electron chi connectivity index (χ3n) is 10.1. The standard InChI is InChI=1S/C32H51FN2O4S.3ClH/c1-23(2)18-31(32(36)37)34(3)28-20-26(30(21-28)25-8-7-9-27(33)19-25)22-35-15-12-24(13-16-35)14-17-40(38,39)29-10-5-4-6-11-29;;;/h7-9,19,23-24,26,28-31H,4-6,10-18,20-22H2,1-3H3,(H,36,37);3*1H/t26?,28?,30?,31-;;;/m1.../s1. The first-order chi connectivity index (χ1) is 19.0. The number of carboxylic acid groups (broad SMARTS) is 1. The van der Waals surface area contributed by atoms with Crippen LogP contribution in [-0.4, -0.2) is 79.1 Å². The number of nitrogens with zero attached hydrogens (tertiary/aromatic N) is 2. The summed E-state index contributed by atoms with van der Waals surface area (Å²) in [5.41, 5.74) is 1.01. The number of halogens is 4. The van der Waals surface area contributed by atoms with Gasteiger partial charge in [0.1, 0.15) is 11.9 Å². The Balaban J connectivity index is 0.00000308. The molecular formula is C32H54Cl3FN2O4S. The van der Waals surface area contributed by atoms with Crippen molar-refractivity contribution in [2.24, 2.45) is 17.8 Å². The van der Waals surface area contributed by atoms with Crippen LogP contribution in [0.4, 0.5) is 4.39 Å². The molecular weight excluding hydrogens is 634 g/mol. The number of carboxylic acids is 1. The molecule has 0 spiro atoms. The quantitative estimate of drug-likeness (QED) is 0.250. The molecule has 0 bridgehead atoms. The summed E-state index contributed by atoms with van der Waals surface area (Å²) < 4.78 is 40.0. The van der Waals surface area contributed by atoms with Crippen molar-refractivity contribution >= 4 is 53.0 Å². The van der Waals surface area contributed by atoms with Gasteiger partial charge >= 0.3 is 5.97 Å². The summed E-state index contributed by atoms with van der Waals surface area (Å²) in [6.07, 6.45) is 10.1. The molecule has 0 amide bonds. The minimum atomic E-state index is -2.98. The van der Waals surface area contributed by atoms with Gasteiger partial charge in [0.25, 0.3) is 0 Å². The zero-order valence-corrected chi connectivity index (χ0v) is 29.3. The number of carbonyl (C=O) groups is 1. The van der Waals surface area contributed by atoms with Crippen LogP contribution in [0, 0.1) is 23.6 Å². The van der Waals surface area contributed by atoms with Gasteiger partial charge in [-0.1, -0.05) is 45.2 Å². The van der Waals surface area contributed by atoms with Crippen LogP contribution < -0.4 is 0 Å². The van der Waals surface area contributed by atoms with Gasteiger partial charge in [0.15, 0.2) is 9.84 Å². The average Bonchev–Trinajstić information content (AvgIpc) is 3.35. The van der Waals surface area contributed by atoms with E-state index in [0.29, 0.717) is 29.9 Å². The van der Waals surface area contributed by atoms with Crippen LogP contribution in [0.1, 0.15) is 96.0 Å². The van der Waals surface area contributed by atoms with E-state index in [4.69, 9.17) is 0 Å². The molecule has 2 aliphatic carbocycles. The molecule has 4 atom stereocenters. The smallest absolute Gasteiger partial charge is 0.320 e. The van der Waals surface area contributed by atoms with Gasteiger partial charge in [0, 0.05) is 12.6 Å². The van der Waals surface area contributed by atoms with Crippen LogP contribution >= 0.6 is 37.2 Å². The van der Waals surface area contributed by atoms with Crippen LogP contribution in [0.15, 0.2) is 24.3 Å². The fraction of sp³-hybridized carbons (Fsp3) is 0.781.